The number of aliphatic hydroxyl groups excluding tert-OH is 4. The van der Waals surface area contributed by atoms with Crippen molar-refractivity contribution in [3.05, 3.63) is 11.6 Å². The van der Waals surface area contributed by atoms with Crippen LogP contribution in [0.15, 0.2) is 11.6 Å². The number of hydrogen-bond acceptors (Lipinski definition) is 10. The van der Waals surface area contributed by atoms with Crippen molar-refractivity contribution >= 4 is 11.6 Å². The van der Waals surface area contributed by atoms with Crippen LogP contribution in [0.25, 0.3) is 0 Å². The summed E-state index contributed by atoms with van der Waals surface area (Å²) in [4.78, 5) is 25.0. The molecule has 5 rings (SSSR count). The number of rotatable bonds is 4. The van der Waals surface area contributed by atoms with Gasteiger partial charge in [0.25, 0.3) is 0 Å². The summed E-state index contributed by atoms with van der Waals surface area (Å²) >= 11 is 0. The van der Waals surface area contributed by atoms with E-state index >= 15 is 0 Å². The van der Waals surface area contributed by atoms with Crippen LogP contribution in [0.3, 0.4) is 0 Å². The van der Waals surface area contributed by atoms with E-state index in [2.05, 4.69) is 6.92 Å². The second-order valence-electron chi connectivity index (χ2n) is 12.5. The summed E-state index contributed by atoms with van der Waals surface area (Å²) in [6.45, 7) is 4.75. The normalized spacial score (nSPS) is 53.6. The van der Waals surface area contributed by atoms with Crippen LogP contribution in [0.5, 0.6) is 0 Å². The highest BCUT2D eigenvalue weighted by molar-refractivity contribution is 5.91. The van der Waals surface area contributed by atoms with Gasteiger partial charge in [0.2, 0.25) is 0 Å². The summed E-state index contributed by atoms with van der Waals surface area (Å²) in [5.74, 6) is -3.70. The molecule has 0 aromatic rings. The zero-order valence-electron chi connectivity index (χ0n) is 21.7. The van der Waals surface area contributed by atoms with Crippen molar-refractivity contribution in [2.45, 2.75) is 108 Å². The summed E-state index contributed by atoms with van der Waals surface area (Å²) in [5, 5.41) is 64.6. The summed E-state index contributed by atoms with van der Waals surface area (Å²) in [5.41, 5.74) is -1.65. The Morgan fingerprint density at radius 2 is 1.78 bits per heavy atom. The number of allylic oxidation sites excluding steroid dienone is 1. The molecule has 4 fully saturated rings. The molecule has 37 heavy (non-hydrogen) atoms. The third-order valence-electron chi connectivity index (χ3n) is 10.9. The molecule has 0 aromatic heterocycles. The van der Waals surface area contributed by atoms with Gasteiger partial charge in [-0.25, -0.2) is 0 Å². The summed E-state index contributed by atoms with van der Waals surface area (Å²) < 4.78 is 11.4. The quantitative estimate of drug-likeness (QED) is 0.274. The van der Waals surface area contributed by atoms with Crippen molar-refractivity contribution in [1.29, 1.82) is 0 Å². The number of carbonyl (C=O) groups excluding carboxylic acids is 2. The Balaban J connectivity index is 1.54. The van der Waals surface area contributed by atoms with E-state index < -0.39 is 60.0 Å². The molecule has 10 nitrogen and oxygen atoms in total. The smallest absolute Gasteiger partial charge is 0.311 e. The van der Waals surface area contributed by atoms with Crippen molar-refractivity contribution in [2.75, 3.05) is 6.61 Å². The van der Waals surface area contributed by atoms with Gasteiger partial charge in [-0.3, -0.25) is 9.59 Å². The fraction of sp³-hybridized carbons (Fsp3) is 0.852. The molecule has 1 saturated heterocycles. The average Bonchev–Trinajstić information content (AvgIpc) is 3.08. The molecule has 10 heteroatoms. The minimum absolute atomic E-state index is 0.0138. The van der Waals surface area contributed by atoms with Crippen LogP contribution in [0, 0.1) is 28.6 Å². The summed E-state index contributed by atoms with van der Waals surface area (Å²) in [7, 11) is 0. The third kappa shape index (κ3) is 3.67. The second-order valence-corrected chi connectivity index (χ2v) is 12.5. The Labute approximate surface area is 216 Å². The van der Waals surface area contributed by atoms with E-state index in [-0.39, 0.29) is 35.2 Å². The van der Waals surface area contributed by atoms with Crippen LogP contribution < -0.4 is 0 Å². The van der Waals surface area contributed by atoms with Gasteiger partial charge in [0.15, 0.2) is 11.9 Å². The molecule has 0 radical (unpaired) electrons. The van der Waals surface area contributed by atoms with Crippen molar-refractivity contribution in [3.63, 3.8) is 0 Å². The van der Waals surface area contributed by atoms with Crippen LogP contribution in [0.2, 0.25) is 0 Å². The fourth-order valence-corrected chi connectivity index (χ4v) is 8.73. The fourth-order valence-electron chi connectivity index (χ4n) is 8.73. The van der Waals surface area contributed by atoms with Gasteiger partial charge in [-0.05, 0) is 68.8 Å². The number of ketones is 2. The molecule has 3 saturated carbocycles. The predicted molar refractivity (Wildman–Crippen MR) is 128 cm³/mol. The maximum atomic E-state index is 12.8. The first-order valence-electron chi connectivity index (χ1n) is 13.4. The Morgan fingerprint density at radius 1 is 1.08 bits per heavy atom. The Kier molecular flexibility index (Phi) is 6.57. The minimum atomic E-state index is -2.83. The SMILES string of the molecule is CC(=O)[C@H]1C[C@H](O[C@]2(O)OC(CO)[C@@H](O)C(O)[C@@H]2O)[C@]2(O)C3CCC4=CC(=O)CC[C@]4(C)C3CC[C@]12C. The molecule has 1 aliphatic heterocycles. The molecule has 12 atom stereocenters. The minimum Gasteiger partial charge on any atom is -0.394 e. The standard InChI is InChI=1S/C27H40O10/c1-13(29)18-11-20(37-27(35)23(33)22(32)21(31)19(12-28)36-27)26(34)17-5-4-14-10-15(30)6-8-24(14,2)16(17)7-9-25(18,26)3/h10,16-23,28,31-35H,4-9,11-12H2,1-3H3/t16?,17?,18-,19?,20+,21-,22?,23+,24+,25-,26-,27-/m1/s1. The summed E-state index contributed by atoms with van der Waals surface area (Å²) in [6, 6.07) is 0. The first kappa shape index (κ1) is 27.3. The second kappa shape index (κ2) is 8.89. The molecule has 1 heterocycles. The van der Waals surface area contributed by atoms with Crippen molar-refractivity contribution < 1.29 is 49.7 Å². The molecule has 0 amide bonds. The maximum absolute atomic E-state index is 12.8. The Morgan fingerprint density at radius 3 is 2.43 bits per heavy atom. The molecule has 5 aliphatic rings. The molecule has 0 aromatic carbocycles. The molecular formula is C27H40O10. The predicted octanol–water partition coefficient (Wildman–Crippen LogP) is -0.0466. The highest BCUT2D eigenvalue weighted by Gasteiger charge is 2.73. The first-order chi connectivity index (χ1) is 17.2. The van der Waals surface area contributed by atoms with Gasteiger partial charge in [-0.15, -0.1) is 0 Å². The van der Waals surface area contributed by atoms with E-state index in [1.807, 2.05) is 6.92 Å². The molecule has 0 spiro atoms. The van der Waals surface area contributed by atoms with Gasteiger partial charge in [-0.2, -0.15) is 0 Å². The lowest BCUT2D eigenvalue weighted by Gasteiger charge is -2.62. The van der Waals surface area contributed by atoms with Gasteiger partial charge >= 0.3 is 5.97 Å². The monoisotopic (exact) mass is 524 g/mol. The van der Waals surface area contributed by atoms with Crippen LogP contribution in [0.4, 0.5) is 0 Å². The van der Waals surface area contributed by atoms with Crippen LogP contribution >= 0.6 is 0 Å². The zero-order chi connectivity index (χ0) is 27.1. The van der Waals surface area contributed by atoms with Crippen LogP contribution in [0.1, 0.15) is 65.7 Å². The average molecular weight is 525 g/mol. The van der Waals surface area contributed by atoms with E-state index in [9.17, 15) is 40.2 Å². The first-order valence-corrected chi connectivity index (χ1v) is 13.4. The number of fused-ring (bicyclic) bond motifs is 5. The summed E-state index contributed by atoms with van der Waals surface area (Å²) in [6.07, 6.45) is -2.74. The zero-order valence-corrected chi connectivity index (χ0v) is 21.7. The largest absolute Gasteiger partial charge is 0.394 e. The van der Waals surface area contributed by atoms with Gasteiger partial charge in [-0.1, -0.05) is 19.4 Å². The van der Waals surface area contributed by atoms with Crippen molar-refractivity contribution in [3.8, 4) is 0 Å². The number of ether oxygens (including phenoxy) is 2. The van der Waals surface area contributed by atoms with E-state index in [0.717, 1.165) is 12.0 Å². The number of hydrogen-bond donors (Lipinski definition) is 6. The van der Waals surface area contributed by atoms with Crippen molar-refractivity contribution in [2.24, 2.45) is 28.6 Å². The number of aliphatic hydroxyl groups is 6. The molecule has 4 aliphatic carbocycles. The lowest BCUT2D eigenvalue weighted by Crippen LogP contribution is -2.70. The molecule has 6 N–H and O–H groups in total. The third-order valence-corrected chi connectivity index (χ3v) is 10.9. The van der Waals surface area contributed by atoms with Gasteiger partial charge in [0.05, 0.1) is 12.7 Å². The van der Waals surface area contributed by atoms with Crippen molar-refractivity contribution in [1.82, 2.24) is 0 Å². The Hall–Kier alpha value is -1.24. The molecule has 0 bridgehead atoms. The molecule has 208 valence electrons. The van der Waals surface area contributed by atoms with E-state index in [1.165, 1.54) is 6.92 Å². The Bertz CT molecular complexity index is 996. The van der Waals surface area contributed by atoms with Crippen LogP contribution in [-0.2, 0) is 19.1 Å². The maximum Gasteiger partial charge on any atom is 0.311 e. The molecule has 4 unspecified atom stereocenters. The van der Waals surface area contributed by atoms with Crippen LogP contribution in [-0.4, -0.2) is 90.9 Å². The highest BCUT2D eigenvalue weighted by Crippen LogP contribution is 2.69. The lowest BCUT2D eigenvalue weighted by molar-refractivity contribution is -0.467. The number of Topliss-reactive ketones (excluding diaryl/α,β-unsaturated/α-hetero) is 1. The highest BCUT2D eigenvalue weighted by atomic mass is 16.8. The van der Waals surface area contributed by atoms with E-state index in [4.69, 9.17) is 9.47 Å². The van der Waals surface area contributed by atoms with Gasteiger partial charge < -0.3 is 40.1 Å². The van der Waals surface area contributed by atoms with E-state index in [1.54, 1.807) is 6.08 Å². The molecular weight excluding hydrogens is 484 g/mol. The van der Waals surface area contributed by atoms with E-state index in [0.29, 0.717) is 32.1 Å². The number of carbonyl (C=O) groups is 2. The van der Waals surface area contributed by atoms with Gasteiger partial charge in [0, 0.05) is 17.8 Å². The topological polar surface area (TPSA) is 174 Å². The lowest BCUT2D eigenvalue weighted by atomic mass is 9.45. The van der Waals surface area contributed by atoms with Gasteiger partial charge in [0.1, 0.15) is 29.7 Å².